The topological polar surface area (TPSA) is 52.0 Å². The van der Waals surface area contributed by atoms with Crippen LogP contribution in [0.25, 0.3) is 0 Å². The maximum Gasteiger partial charge on any atom is 0.224 e. The number of halogens is 1. The molecule has 0 unspecified atom stereocenters. The van der Waals surface area contributed by atoms with Crippen molar-refractivity contribution in [2.24, 2.45) is 7.05 Å². The van der Waals surface area contributed by atoms with Crippen molar-refractivity contribution >= 4 is 0 Å². The van der Waals surface area contributed by atoms with E-state index in [1.807, 2.05) is 27.8 Å². The van der Waals surface area contributed by atoms with E-state index in [-0.39, 0.29) is 5.82 Å². The number of nitrogens with zero attached hydrogens (tertiary/aromatic N) is 3. The maximum atomic E-state index is 13.3. The van der Waals surface area contributed by atoms with Crippen molar-refractivity contribution in [2.45, 2.75) is 27.3 Å². The Bertz CT molecular complexity index is 609. The highest BCUT2D eigenvalue weighted by molar-refractivity contribution is 5.37. The van der Waals surface area contributed by atoms with E-state index in [9.17, 15) is 4.39 Å². The van der Waals surface area contributed by atoms with Gasteiger partial charge in [0.2, 0.25) is 5.88 Å². The Labute approximate surface area is 117 Å². The van der Waals surface area contributed by atoms with Gasteiger partial charge in [-0.25, -0.2) is 9.37 Å². The van der Waals surface area contributed by atoms with Crippen LogP contribution >= 0.6 is 0 Å². The minimum atomic E-state index is -0.370. The molecule has 0 atom stereocenters. The molecular weight excluding hydrogens is 259 g/mol. The minimum absolute atomic E-state index is 0.370. The van der Waals surface area contributed by atoms with Crippen molar-refractivity contribution in [2.75, 3.05) is 6.54 Å². The van der Waals surface area contributed by atoms with Crippen LogP contribution in [0.2, 0.25) is 0 Å². The van der Waals surface area contributed by atoms with Gasteiger partial charge >= 0.3 is 0 Å². The molecule has 5 nitrogen and oxygen atoms in total. The lowest BCUT2D eigenvalue weighted by Crippen LogP contribution is -2.13. The first kappa shape index (κ1) is 14.5. The van der Waals surface area contributed by atoms with Crippen LogP contribution in [-0.2, 0) is 13.6 Å². The summed E-state index contributed by atoms with van der Waals surface area (Å²) in [6, 6.07) is 1.44. The number of aromatic nitrogens is 3. The first-order valence-corrected chi connectivity index (χ1v) is 6.56. The van der Waals surface area contributed by atoms with Gasteiger partial charge in [0.1, 0.15) is 11.5 Å². The molecular formula is C14H19FN4O. The highest BCUT2D eigenvalue weighted by Gasteiger charge is 2.15. The quantitative estimate of drug-likeness (QED) is 0.913. The summed E-state index contributed by atoms with van der Waals surface area (Å²) in [5.41, 5.74) is 2.38. The smallest absolute Gasteiger partial charge is 0.224 e. The standard InChI is InChI=1S/C14H19FN4O/c1-5-16-7-11-6-12(15)8-17-14(11)20-13-9(2)18-19(4)10(13)3/h6,8,16H,5,7H2,1-4H3. The van der Waals surface area contributed by atoms with Crippen LogP contribution < -0.4 is 10.1 Å². The fourth-order valence-electron chi connectivity index (χ4n) is 1.95. The van der Waals surface area contributed by atoms with E-state index in [2.05, 4.69) is 15.4 Å². The monoisotopic (exact) mass is 278 g/mol. The van der Waals surface area contributed by atoms with Gasteiger partial charge in [0.15, 0.2) is 5.75 Å². The zero-order valence-corrected chi connectivity index (χ0v) is 12.2. The van der Waals surface area contributed by atoms with Crippen LogP contribution in [0.1, 0.15) is 23.9 Å². The molecule has 0 bridgehead atoms. The van der Waals surface area contributed by atoms with Crippen molar-refractivity contribution < 1.29 is 9.13 Å². The number of nitrogens with one attached hydrogen (secondary N) is 1. The van der Waals surface area contributed by atoms with Gasteiger partial charge in [-0.05, 0) is 26.5 Å². The number of aryl methyl sites for hydroxylation is 2. The Morgan fingerprint density at radius 3 is 2.75 bits per heavy atom. The normalized spacial score (nSPS) is 10.8. The fraction of sp³-hybridized carbons (Fsp3) is 0.429. The lowest BCUT2D eigenvalue weighted by Gasteiger charge is -2.10. The number of hydrogen-bond donors (Lipinski definition) is 1. The van der Waals surface area contributed by atoms with E-state index in [4.69, 9.17) is 4.74 Å². The summed E-state index contributed by atoms with van der Waals surface area (Å²) in [6.07, 6.45) is 1.16. The maximum absolute atomic E-state index is 13.3. The Kier molecular flexibility index (Phi) is 4.34. The largest absolute Gasteiger partial charge is 0.435 e. The second-order valence-corrected chi connectivity index (χ2v) is 4.62. The highest BCUT2D eigenvalue weighted by atomic mass is 19.1. The Morgan fingerprint density at radius 2 is 2.15 bits per heavy atom. The first-order valence-electron chi connectivity index (χ1n) is 6.56. The van der Waals surface area contributed by atoms with Gasteiger partial charge in [0.05, 0.1) is 11.9 Å². The molecule has 0 aliphatic heterocycles. The SMILES string of the molecule is CCNCc1cc(F)cnc1Oc1c(C)nn(C)c1C. The summed E-state index contributed by atoms with van der Waals surface area (Å²) >= 11 is 0. The second kappa shape index (κ2) is 6.00. The average Bonchev–Trinajstić information content (AvgIpc) is 2.65. The molecule has 0 aliphatic rings. The molecule has 2 rings (SSSR count). The molecule has 0 aromatic carbocycles. The Hall–Kier alpha value is -1.95. The lowest BCUT2D eigenvalue weighted by atomic mass is 10.2. The molecule has 1 N–H and O–H groups in total. The molecule has 2 aromatic rings. The number of ether oxygens (including phenoxy) is 1. The second-order valence-electron chi connectivity index (χ2n) is 4.62. The van der Waals surface area contributed by atoms with Crippen molar-refractivity contribution in [3.8, 4) is 11.6 Å². The third-order valence-corrected chi connectivity index (χ3v) is 3.10. The lowest BCUT2D eigenvalue weighted by molar-refractivity contribution is 0.442. The molecule has 0 amide bonds. The minimum Gasteiger partial charge on any atom is -0.435 e. The van der Waals surface area contributed by atoms with Gasteiger partial charge in [-0.2, -0.15) is 5.10 Å². The molecule has 20 heavy (non-hydrogen) atoms. The number of pyridine rings is 1. The van der Waals surface area contributed by atoms with E-state index in [0.717, 1.165) is 24.1 Å². The zero-order chi connectivity index (χ0) is 14.7. The van der Waals surface area contributed by atoms with Gasteiger partial charge in [-0.15, -0.1) is 0 Å². The molecule has 0 radical (unpaired) electrons. The van der Waals surface area contributed by atoms with Crippen molar-refractivity contribution in [3.05, 3.63) is 35.0 Å². The van der Waals surface area contributed by atoms with Crippen LogP contribution in [0.3, 0.4) is 0 Å². The molecule has 0 saturated heterocycles. The molecule has 2 heterocycles. The fourth-order valence-corrected chi connectivity index (χ4v) is 1.95. The molecule has 108 valence electrons. The molecule has 6 heteroatoms. The summed E-state index contributed by atoms with van der Waals surface area (Å²) in [4.78, 5) is 4.04. The van der Waals surface area contributed by atoms with Gasteiger partial charge in [0, 0.05) is 19.2 Å². The summed E-state index contributed by atoms with van der Waals surface area (Å²) in [7, 11) is 1.85. The Morgan fingerprint density at radius 1 is 1.40 bits per heavy atom. The van der Waals surface area contributed by atoms with Gasteiger partial charge in [-0.3, -0.25) is 4.68 Å². The van der Waals surface area contributed by atoms with Gasteiger partial charge in [-0.1, -0.05) is 6.92 Å². The summed E-state index contributed by atoms with van der Waals surface area (Å²) in [5, 5.41) is 7.44. The third kappa shape index (κ3) is 2.96. The number of hydrogen-bond acceptors (Lipinski definition) is 4. The molecule has 0 saturated carbocycles. The van der Waals surface area contributed by atoms with Crippen LogP contribution in [0, 0.1) is 19.7 Å². The van der Waals surface area contributed by atoms with E-state index >= 15 is 0 Å². The summed E-state index contributed by atoms with van der Waals surface area (Å²) < 4.78 is 20.9. The summed E-state index contributed by atoms with van der Waals surface area (Å²) in [6.45, 7) is 7.08. The van der Waals surface area contributed by atoms with E-state index < -0.39 is 0 Å². The first-order chi connectivity index (χ1) is 9.52. The van der Waals surface area contributed by atoms with Crippen LogP contribution in [0.5, 0.6) is 11.6 Å². The van der Waals surface area contributed by atoms with Crippen LogP contribution in [0.15, 0.2) is 12.3 Å². The molecule has 0 fully saturated rings. The van der Waals surface area contributed by atoms with Gasteiger partial charge in [0.25, 0.3) is 0 Å². The van der Waals surface area contributed by atoms with E-state index in [1.165, 1.54) is 6.07 Å². The molecule has 2 aromatic heterocycles. The number of rotatable bonds is 5. The van der Waals surface area contributed by atoms with E-state index in [0.29, 0.717) is 23.7 Å². The van der Waals surface area contributed by atoms with Crippen molar-refractivity contribution in [1.82, 2.24) is 20.1 Å². The predicted octanol–water partition coefficient (Wildman–Crippen LogP) is 2.47. The third-order valence-electron chi connectivity index (χ3n) is 3.10. The van der Waals surface area contributed by atoms with Crippen molar-refractivity contribution in [1.29, 1.82) is 0 Å². The summed E-state index contributed by atoms with van der Waals surface area (Å²) in [5.74, 6) is 0.709. The molecule has 0 spiro atoms. The van der Waals surface area contributed by atoms with Gasteiger partial charge < -0.3 is 10.1 Å². The van der Waals surface area contributed by atoms with Crippen LogP contribution in [0.4, 0.5) is 4.39 Å². The van der Waals surface area contributed by atoms with Crippen LogP contribution in [-0.4, -0.2) is 21.3 Å². The zero-order valence-electron chi connectivity index (χ0n) is 12.2. The Balaban J connectivity index is 2.32. The highest BCUT2D eigenvalue weighted by Crippen LogP contribution is 2.29. The van der Waals surface area contributed by atoms with Crippen molar-refractivity contribution in [3.63, 3.8) is 0 Å². The van der Waals surface area contributed by atoms with E-state index in [1.54, 1.807) is 4.68 Å². The average molecular weight is 278 g/mol. The predicted molar refractivity (Wildman–Crippen MR) is 74.3 cm³/mol. The molecule has 0 aliphatic carbocycles.